The Kier molecular flexibility index (Phi) is 5.56. The van der Waals surface area contributed by atoms with Crippen LogP contribution in [0.1, 0.15) is 32.8 Å². The Bertz CT molecular complexity index is 343. The molecule has 1 heterocycles. The third-order valence-electron chi connectivity index (χ3n) is 2.49. The predicted molar refractivity (Wildman–Crippen MR) is 75.6 cm³/mol. The van der Waals surface area contributed by atoms with E-state index < -0.39 is 5.60 Å². The fraction of sp³-hybridized carbons (Fsp3) is 0.643. The van der Waals surface area contributed by atoms with Crippen LogP contribution in [0.3, 0.4) is 0 Å². The summed E-state index contributed by atoms with van der Waals surface area (Å²) < 4.78 is 0. The minimum atomic E-state index is -0.662. The van der Waals surface area contributed by atoms with E-state index in [9.17, 15) is 5.11 Å². The summed E-state index contributed by atoms with van der Waals surface area (Å²) in [6.07, 6.45) is 2.98. The van der Waals surface area contributed by atoms with E-state index in [1.807, 2.05) is 33.2 Å². The maximum absolute atomic E-state index is 9.74. The Labute approximate surface area is 110 Å². The van der Waals surface area contributed by atoms with Gasteiger partial charge in [0.05, 0.1) is 5.60 Å². The summed E-state index contributed by atoms with van der Waals surface area (Å²) in [5, 5.41) is 13.0. The van der Waals surface area contributed by atoms with Gasteiger partial charge in [0.2, 0.25) is 0 Å². The molecule has 0 aliphatic rings. The topological polar surface area (TPSA) is 48.4 Å². The number of nitrogens with one attached hydrogen (secondary N) is 1. The molecule has 0 spiro atoms. The van der Waals surface area contributed by atoms with Gasteiger partial charge in [-0.05, 0) is 38.9 Å². The number of nitrogens with zero attached hydrogens (tertiary/aromatic N) is 2. The van der Waals surface area contributed by atoms with Gasteiger partial charge in [0.15, 0.2) is 0 Å². The average molecular weight is 251 g/mol. The Balaban J connectivity index is 2.48. The zero-order valence-electron chi connectivity index (χ0n) is 11.9. The smallest absolute Gasteiger partial charge is 0.125 e. The molecule has 0 fully saturated rings. The molecule has 1 rings (SSSR count). The monoisotopic (exact) mass is 251 g/mol. The van der Waals surface area contributed by atoms with Gasteiger partial charge >= 0.3 is 0 Å². The van der Waals surface area contributed by atoms with Crippen molar-refractivity contribution >= 4 is 5.82 Å². The van der Waals surface area contributed by atoms with Crippen molar-refractivity contribution in [2.75, 3.05) is 25.5 Å². The second-order valence-electron chi connectivity index (χ2n) is 5.46. The van der Waals surface area contributed by atoms with E-state index in [2.05, 4.69) is 28.2 Å². The first-order valence-electron chi connectivity index (χ1n) is 6.50. The lowest BCUT2D eigenvalue weighted by molar-refractivity contribution is 0.0424. The number of aliphatic hydroxyl groups is 1. The maximum Gasteiger partial charge on any atom is 0.125 e. The van der Waals surface area contributed by atoms with E-state index in [-0.39, 0.29) is 0 Å². The minimum Gasteiger partial charge on any atom is -0.389 e. The molecule has 0 aliphatic carbocycles. The maximum atomic E-state index is 9.74. The summed E-state index contributed by atoms with van der Waals surface area (Å²) in [7, 11) is 2.00. The van der Waals surface area contributed by atoms with Gasteiger partial charge in [-0.25, -0.2) is 4.98 Å². The molecule has 0 radical (unpaired) electrons. The van der Waals surface area contributed by atoms with Crippen LogP contribution in [-0.4, -0.2) is 40.7 Å². The normalized spacial score (nSPS) is 11.9. The lowest BCUT2D eigenvalue weighted by atomic mass is 10.1. The van der Waals surface area contributed by atoms with Crippen LogP contribution in [0.25, 0.3) is 0 Å². The van der Waals surface area contributed by atoms with Crippen molar-refractivity contribution in [1.29, 1.82) is 0 Å². The van der Waals surface area contributed by atoms with Crippen molar-refractivity contribution < 1.29 is 5.11 Å². The van der Waals surface area contributed by atoms with Gasteiger partial charge < -0.3 is 10.4 Å². The van der Waals surface area contributed by atoms with Crippen LogP contribution in [0.5, 0.6) is 0 Å². The Morgan fingerprint density at radius 3 is 2.61 bits per heavy atom. The van der Waals surface area contributed by atoms with E-state index in [0.717, 1.165) is 30.9 Å². The molecule has 0 bridgehead atoms. The van der Waals surface area contributed by atoms with E-state index in [1.54, 1.807) is 0 Å². The standard InChI is InChI=1S/C14H25N3O/c1-5-8-15-13-7-6-12(9-16-13)10-17(4)11-14(2,3)18/h6-7,9,18H,5,8,10-11H2,1-4H3,(H,15,16). The van der Waals surface area contributed by atoms with E-state index in [4.69, 9.17) is 0 Å². The van der Waals surface area contributed by atoms with Crippen molar-refractivity contribution in [2.45, 2.75) is 39.3 Å². The van der Waals surface area contributed by atoms with E-state index in [0.29, 0.717) is 6.54 Å². The summed E-state index contributed by atoms with van der Waals surface area (Å²) in [6, 6.07) is 4.08. The number of anilines is 1. The van der Waals surface area contributed by atoms with Crippen LogP contribution in [0.4, 0.5) is 5.82 Å². The molecule has 0 saturated carbocycles. The van der Waals surface area contributed by atoms with Crippen molar-refractivity contribution in [3.63, 3.8) is 0 Å². The molecule has 1 aromatic rings. The van der Waals surface area contributed by atoms with Gasteiger partial charge in [-0.2, -0.15) is 0 Å². The second-order valence-corrected chi connectivity index (χ2v) is 5.46. The Morgan fingerprint density at radius 1 is 1.39 bits per heavy atom. The third-order valence-corrected chi connectivity index (χ3v) is 2.49. The molecule has 0 amide bonds. The fourth-order valence-corrected chi connectivity index (χ4v) is 1.90. The molecule has 102 valence electrons. The van der Waals surface area contributed by atoms with Crippen LogP contribution in [0, 0.1) is 0 Å². The van der Waals surface area contributed by atoms with Gasteiger partial charge in [-0.3, -0.25) is 4.90 Å². The van der Waals surface area contributed by atoms with E-state index in [1.165, 1.54) is 0 Å². The molecular weight excluding hydrogens is 226 g/mol. The molecule has 2 N–H and O–H groups in total. The van der Waals surface area contributed by atoms with Crippen molar-refractivity contribution in [1.82, 2.24) is 9.88 Å². The molecule has 4 nitrogen and oxygen atoms in total. The largest absolute Gasteiger partial charge is 0.389 e. The summed E-state index contributed by atoms with van der Waals surface area (Å²) in [6.45, 7) is 8.16. The number of aromatic nitrogens is 1. The van der Waals surface area contributed by atoms with Crippen LogP contribution < -0.4 is 5.32 Å². The van der Waals surface area contributed by atoms with Crippen LogP contribution in [0.15, 0.2) is 18.3 Å². The lowest BCUT2D eigenvalue weighted by Gasteiger charge is -2.25. The number of hydrogen-bond acceptors (Lipinski definition) is 4. The van der Waals surface area contributed by atoms with Crippen molar-refractivity contribution in [3.05, 3.63) is 23.9 Å². The third kappa shape index (κ3) is 5.98. The first-order valence-corrected chi connectivity index (χ1v) is 6.50. The highest BCUT2D eigenvalue weighted by Crippen LogP contribution is 2.09. The van der Waals surface area contributed by atoms with Crippen molar-refractivity contribution in [2.24, 2.45) is 0 Å². The summed E-state index contributed by atoms with van der Waals surface area (Å²) in [5.74, 6) is 0.922. The minimum absolute atomic E-state index is 0.642. The molecule has 0 aliphatic heterocycles. The molecule has 1 aromatic heterocycles. The highest BCUT2D eigenvalue weighted by Gasteiger charge is 2.15. The fourth-order valence-electron chi connectivity index (χ4n) is 1.90. The Hall–Kier alpha value is -1.13. The molecule has 0 aromatic carbocycles. The number of rotatable bonds is 7. The van der Waals surface area contributed by atoms with Gasteiger partial charge in [-0.15, -0.1) is 0 Å². The molecule has 0 atom stereocenters. The quantitative estimate of drug-likeness (QED) is 0.779. The zero-order chi connectivity index (χ0) is 13.6. The first kappa shape index (κ1) is 14.9. The van der Waals surface area contributed by atoms with Gasteiger partial charge in [-0.1, -0.05) is 13.0 Å². The zero-order valence-corrected chi connectivity index (χ0v) is 11.9. The summed E-state index contributed by atoms with van der Waals surface area (Å²) >= 11 is 0. The lowest BCUT2D eigenvalue weighted by Crippen LogP contribution is -2.35. The molecule has 0 saturated heterocycles. The molecule has 18 heavy (non-hydrogen) atoms. The highest BCUT2D eigenvalue weighted by atomic mass is 16.3. The first-order chi connectivity index (χ1) is 8.40. The average Bonchev–Trinajstić information content (AvgIpc) is 2.25. The summed E-state index contributed by atoms with van der Waals surface area (Å²) in [4.78, 5) is 6.46. The van der Waals surface area contributed by atoms with Gasteiger partial charge in [0.1, 0.15) is 5.82 Å². The summed E-state index contributed by atoms with van der Waals surface area (Å²) in [5.41, 5.74) is 0.494. The molecule has 0 unspecified atom stereocenters. The Morgan fingerprint density at radius 2 is 2.11 bits per heavy atom. The van der Waals surface area contributed by atoms with Gasteiger partial charge in [0, 0.05) is 25.8 Å². The van der Waals surface area contributed by atoms with Gasteiger partial charge in [0.25, 0.3) is 0 Å². The van der Waals surface area contributed by atoms with E-state index >= 15 is 0 Å². The predicted octanol–water partition coefficient (Wildman–Crippen LogP) is 2.11. The molecular formula is C14H25N3O. The highest BCUT2D eigenvalue weighted by molar-refractivity contribution is 5.35. The SMILES string of the molecule is CCCNc1ccc(CN(C)CC(C)(C)O)cn1. The number of likely N-dealkylation sites (N-methyl/N-ethyl adjacent to an activating group) is 1. The van der Waals surface area contributed by atoms with Crippen LogP contribution in [0.2, 0.25) is 0 Å². The molecule has 4 heteroatoms. The van der Waals surface area contributed by atoms with Crippen LogP contribution >= 0.6 is 0 Å². The second kappa shape index (κ2) is 6.71. The number of hydrogen-bond donors (Lipinski definition) is 2. The van der Waals surface area contributed by atoms with Crippen LogP contribution in [-0.2, 0) is 6.54 Å². The number of pyridine rings is 1. The van der Waals surface area contributed by atoms with Crippen molar-refractivity contribution in [3.8, 4) is 0 Å².